The summed E-state index contributed by atoms with van der Waals surface area (Å²) in [5.74, 6) is -11.4. The van der Waals surface area contributed by atoms with E-state index >= 15 is 0 Å². The Labute approximate surface area is 821 Å². The Kier molecular flexibility index (Phi) is 42.7. The minimum atomic E-state index is -3.37. The number of hydrogen-bond acceptors (Lipinski definition) is 57. The highest BCUT2D eigenvalue weighted by molar-refractivity contribution is 5.77. The third-order valence-corrected chi connectivity index (χ3v) is 26.3. The summed E-state index contributed by atoms with van der Waals surface area (Å²) in [4.78, 5) is 90.9. The molecule has 0 aromatic carbocycles. The highest BCUT2D eigenvalue weighted by Gasteiger charge is 2.65. The van der Waals surface area contributed by atoms with Crippen LogP contribution in [0.15, 0.2) is 0 Å². The molecule has 6 amide bonds. The minimum absolute atomic E-state index is 0.843. The number of amides is 6. The summed E-state index contributed by atoms with van der Waals surface area (Å²) in [5.41, 5.74) is 0. The van der Waals surface area contributed by atoms with Crippen LogP contribution in [0.25, 0.3) is 0 Å². The molecule has 11 rings (SSSR count). The van der Waals surface area contributed by atoms with Gasteiger partial charge in [0.2, 0.25) is 35.4 Å². The molecule has 145 heavy (non-hydrogen) atoms. The maximum atomic E-state index is 13.5. The summed E-state index contributed by atoms with van der Waals surface area (Å²) in [6, 6.07) is -11.6. The highest BCUT2D eigenvalue weighted by Crippen LogP contribution is 2.44. The summed E-state index contributed by atoms with van der Waals surface area (Å²) in [7, 11) is 0. The Morgan fingerprint density at radius 2 is 0.628 bits per heavy atom. The molecule has 11 saturated heterocycles. The molecule has 11 fully saturated rings. The van der Waals surface area contributed by atoms with Gasteiger partial charge in [0.25, 0.3) is 5.79 Å². The van der Waals surface area contributed by atoms with Gasteiger partial charge < -0.3 is 285 Å². The largest absolute Gasteiger partial charge is 0.477 e. The quantitative estimate of drug-likeness (QED) is 0.0272. The maximum absolute atomic E-state index is 13.5. The third kappa shape index (κ3) is 26.9. The van der Waals surface area contributed by atoms with Gasteiger partial charge in [0, 0.05) is 48.0 Å². The second-order valence-electron chi connectivity index (χ2n) is 36.7. The maximum Gasteiger partial charge on any atom is 0.364 e. The second kappa shape index (κ2) is 51.8. The molecule has 64 heteroatoms. The average molecular weight is 2120 g/mol. The van der Waals surface area contributed by atoms with Crippen LogP contribution in [-0.2, 0) is 133 Å². The number of carbonyl (C=O) groups is 7. The third-order valence-electron chi connectivity index (χ3n) is 26.3. The van der Waals surface area contributed by atoms with Gasteiger partial charge in [-0.05, 0) is 6.92 Å². The van der Waals surface area contributed by atoms with Crippen molar-refractivity contribution in [2.75, 3.05) is 66.1 Å². The molecule has 0 aromatic rings. The van der Waals surface area contributed by atoms with E-state index in [1.54, 1.807) is 0 Å². The molecule has 0 aliphatic carbocycles. The Hall–Kier alpha value is -5.71. The van der Waals surface area contributed by atoms with Crippen LogP contribution in [0.2, 0.25) is 0 Å². The Morgan fingerprint density at radius 3 is 1.10 bits per heavy atom. The second-order valence-corrected chi connectivity index (χ2v) is 36.7. The number of carboxylic acids is 1. The van der Waals surface area contributed by atoms with Crippen molar-refractivity contribution in [3.63, 3.8) is 0 Å². The standard InChI is InChI=1S/C81H134N6O58/c1-19-43(104)55(116)58(119)75(127-19)125-18-36-63(52(113)38(70(122)128-36)83-21(3)97)138-72-40(85-23(5)99)54(115)62(34(16-95)134-72)139-76-59(120)66(141-79-69(57(118)47(108)30(12-91)133-79)143-73-41(86-24(6)100)53(114)61(33(15-94)135-73)137-71-39(84-22(4)98)51(112)45(106)28(10-89)129-71)50(111)35(136-76)17-126-78-68(56(117)46(107)29(11-90)132-78)142-74-42(87-25(7)101)64(48(109)31(13-92)130-74)140-77-60(121)67(49(110)32(14-93)131-77)145-81(80(123)124)8-26(102)37(82-20(2)96)65(144-81)44(105)27(103)9-88/h19,26-79,88-95,102-122H,8-18H2,1-7H3,(H,82,96)(H,83,97)(H,84,98)(H,85,99)(H,86,100)(H,87,101)(H,123,124)/t19-,26-,27+,28+,29+,30+,31+,32+,33+,34+,35+,36+,37+,38+,39+,40+,41+,42+,43+,44+,45-,46+,47+,48+,49-,50+,51-,52+,53+,54+,55+,56-,57-,58-,59-,60+,61+,62+,63+,64+,65+,66-,67-,68-,69-,70?,71-,72-,73-,74-,75+,76-,77-,78-,79+,81-/m0/s1. The van der Waals surface area contributed by atoms with Crippen LogP contribution < -0.4 is 31.9 Å². The fourth-order valence-corrected chi connectivity index (χ4v) is 18.8. The molecule has 11 heterocycles. The molecule has 0 spiro atoms. The molecule has 0 radical (unpaired) electrons. The lowest BCUT2D eigenvalue weighted by Crippen LogP contribution is -2.71. The molecule has 1 unspecified atom stereocenters. The molecule has 56 atom stereocenters. The summed E-state index contributed by atoms with van der Waals surface area (Å²) in [6.45, 7) is -5.30. The molecule has 11 aliphatic heterocycles. The fourth-order valence-electron chi connectivity index (χ4n) is 18.8. The molecular weight excluding hydrogens is 1980 g/mol. The normalized spacial score (nSPS) is 47.2. The summed E-state index contributed by atoms with van der Waals surface area (Å²) in [6.07, 6.45) is -109. The van der Waals surface area contributed by atoms with Gasteiger partial charge in [-0.3, -0.25) is 28.8 Å². The minimum Gasteiger partial charge on any atom is -0.477 e. The van der Waals surface area contributed by atoms with Crippen LogP contribution in [0.4, 0.5) is 0 Å². The zero-order valence-electron chi connectivity index (χ0n) is 78.4. The average Bonchev–Trinajstić information content (AvgIpc) is 0.743. The van der Waals surface area contributed by atoms with E-state index in [2.05, 4.69) is 31.9 Å². The van der Waals surface area contributed by atoms with E-state index in [1.165, 1.54) is 6.92 Å². The number of aliphatic carboxylic acids is 1. The molecule has 64 nitrogen and oxygen atoms in total. The van der Waals surface area contributed by atoms with Crippen molar-refractivity contribution in [1.29, 1.82) is 0 Å². The van der Waals surface area contributed by atoms with Gasteiger partial charge in [0.05, 0.1) is 84.3 Å². The van der Waals surface area contributed by atoms with Crippen molar-refractivity contribution in [2.24, 2.45) is 0 Å². The molecule has 0 aromatic heterocycles. The van der Waals surface area contributed by atoms with E-state index in [4.69, 9.17) is 99.5 Å². The first-order chi connectivity index (χ1) is 68.4. The number of aliphatic hydroxyl groups excluding tert-OH is 29. The van der Waals surface area contributed by atoms with E-state index in [0.717, 1.165) is 41.5 Å². The van der Waals surface area contributed by atoms with Crippen LogP contribution >= 0.6 is 0 Å². The fraction of sp³-hybridized carbons (Fsp3) is 0.914. The summed E-state index contributed by atoms with van der Waals surface area (Å²) in [5, 5.41) is 355. The zero-order chi connectivity index (χ0) is 107. The van der Waals surface area contributed by atoms with Gasteiger partial charge in [-0.1, -0.05) is 0 Å². The van der Waals surface area contributed by atoms with Crippen LogP contribution in [0.1, 0.15) is 54.9 Å². The number of nitrogens with one attached hydrogen (secondary N) is 6. The monoisotopic (exact) mass is 2120 g/mol. The first-order valence-corrected chi connectivity index (χ1v) is 46.1. The lowest BCUT2D eigenvalue weighted by atomic mass is 9.88. The van der Waals surface area contributed by atoms with E-state index in [-0.39, 0.29) is 0 Å². The van der Waals surface area contributed by atoms with Crippen molar-refractivity contribution >= 4 is 41.4 Å². The lowest BCUT2D eigenvalue weighted by molar-refractivity contribution is -0.399. The number of aliphatic hydroxyl groups is 29. The van der Waals surface area contributed by atoms with Crippen molar-refractivity contribution < 1.29 is 286 Å². The molecule has 0 bridgehead atoms. The predicted molar refractivity (Wildman–Crippen MR) is 448 cm³/mol. The number of carbonyl (C=O) groups excluding carboxylic acids is 6. The SMILES string of the molecule is CC(=O)N[C@H]1[C@H](O[C@H]2[C@H](O)[C@@H](NC(C)=O)[C@H](O[C@@H]3[C@@H](O[C@@H]4[C@H](O)[C@H](O[C@H]5[C@H](O)[C@@H](NC(C)=O)[C@H](O[C@H]6[C@H](O)[C@@H](NC(C)=O)C(O)O[C@@H]6CO[C@@H]6O[C@@H](C)[C@@H](O)[C@@H](O)[C@@H]6O)O[C@@H]5CO)O[C@H](CO[C@H]5O[C@H](CO)[C@@H](O)[C@H](O)[C@@H]5O[C@@H]5O[C@H](CO)[C@@H](O)[C@H](O[C@@H]6O[C@H](CO)[C@H](O)[C@H](O[C@]7(C(=O)O)C[C@H](O)[C@@H](NC(C)=O)[C@H]([C@H](O)[C@H](O)CO)O7)[C@H]6O)[C@H]5NC(C)=O)[C@H]4O)O[C@H](CO)[C@@H](O)[C@@H]3O)O[C@@H]2CO)O[C@H](CO)[C@H](O)[C@H]1O. The van der Waals surface area contributed by atoms with Crippen molar-refractivity contribution in [3.8, 4) is 0 Å². The van der Waals surface area contributed by atoms with E-state index in [0.29, 0.717) is 0 Å². The molecule has 11 aliphatic rings. The summed E-state index contributed by atoms with van der Waals surface area (Å²) >= 11 is 0. The van der Waals surface area contributed by atoms with Crippen LogP contribution in [-0.4, -0.2) is 604 Å². The van der Waals surface area contributed by atoms with Gasteiger partial charge >= 0.3 is 5.97 Å². The van der Waals surface area contributed by atoms with Gasteiger partial charge in [-0.2, -0.15) is 0 Å². The van der Waals surface area contributed by atoms with Crippen molar-refractivity contribution in [3.05, 3.63) is 0 Å². The van der Waals surface area contributed by atoms with Crippen molar-refractivity contribution in [1.82, 2.24) is 31.9 Å². The van der Waals surface area contributed by atoms with E-state index < -0.39 is 457 Å². The number of carboxylic acid groups (broad SMARTS) is 1. The highest BCUT2D eigenvalue weighted by atomic mass is 16.8. The number of hydrogen-bond donors (Lipinski definition) is 36. The smallest absolute Gasteiger partial charge is 0.364 e. The molecular formula is C81H134N6O58. The zero-order valence-corrected chi connectivity index (χ0v) is 78.4. The molecule has 36 N–H and O–H groups in total. The number of rotatable bonds is 39. The molecule has 836 valence electrons. The van der Waals surface area contributed by atoms with Gasteiger partial charge in [0.1, 0.15) is 256 Å². The summed E-state index contributed by atoms with van der Waals surface area (Å²) < 4.78 is 126. The first kappa shape index (κ1) is 120. The Bertz CT molecular complexity index is 4150. The van der Waals surface area contributed by atoms with E-state index in [9.17, 15) is 187 Å². The number of ether oxygens (including phenoxy) is 21. The lowest BCUT2D eigenvalue weighted by Gasteiger charge is -2.51. The van der Waals surface area contributed by atoms with Crippen molar-refractivity contribution in [2.45, 2.75) is 398 Å². The Balaban J connectivity index is 0.937. The first-order valence-electron chi connectivity index (χ1n) is 46.1. The van der Waals surface area contributed by atoms with E-state index in [1.807, 2.05) is 0 Å². The molecule has 0 saturated carbocycles. The van der Waals surface area contributed by atoms with Crippen LogP contribution in [0, 0.1) is 0 Å². The van der Waals surface area contributed by atoms with Gasteiger partial charge in [-0.25, -0.2) is 4.79 Å². The predicted octanol–water partition coefficient (Wildman–Crippen LogP) is -23.9. The van der Waals surface area contributed by atoms with Gasteiger partial charge in [0.15, 0.2) is 62.9 Å². The van der Waals surface area contributed by atoms with Gasteiger partial charge in [-0.15, -0.1) is 0 Å². The van der Waals surface area contributed by atoms with Crippen LogP contribution in [0.5, 0.6) is 0 Å². The topological polar surface area (TPSA) is 992 Å². The Morgan fingerprint density at radius 1 is 0.297 bits per heavy atom. The van der Waals surface area contributed by atoms with Crippen LogP contribution in [0.3, 0.4) is 0 Å².